The van der Waals surface area contributed by atoms with E-state index in [1.807, 2.05) is 37.3 Å². The van der Waals surface area contributed by atoms with Gasteiger partial charge in [0.1, 0.15) is 11.3 Å². The maximum absolute atomic E-state index is 12.1. The van der Waals surface area contributed by atoms with Crippen molar-refractivity contribution < 1.29 is 9.53 Å². The monoisotopic (exact) mass is 369 g/mol. The van der Waals surface area contributed by atoms with Crippen molar-refractivity contribution in [2.75, 3.05) is 23.8 Å². The van der Waals surface area contributed by atoms with Crippen LogP contribution in [0.4, 0.5) is 10.9 Å². The maximum atomic E-state index is 12.1. The molecule has 0 saturated carbocycles. The Hall–Kier alpha value is -2.84. The van der Waals surface area contributed by atoms with Crippen LogP contribution in [0.1, 0.15) is 28.9 Å². The lowest BCUT2D eigenvalue weighted by Gasteiger charge is -2.18. The molecule has 2 aromatic heterocycles. The first-order valence-electron chi connectivity index (χ1n) is 8.20. The topological polar surface area (TPSA) is 89.0 Å². The highest BCUT2D eigenvalue weighted by Gasteiger charge is 2.12. The molecule has 0 aliphatic heterocycles. The van der Waals surface area contributed by atoms with Gasteiger partial charge >= 0.3 is 0 Å². The number of nitrogens with zero attached hydrogens (tertiary/aromatic N) is 3. The summed E-state index contributed by atoms with van der Waals surface area (Å²) in [5.74, 6) is 0.412. The van der Waals surface area contributed by atoms with Crippen molar-refractivity contribution in [1.82, 2.24) is 15.2 Å². The molecule has 2 heterocycles. The van der Waals surface area contributed by atoms with Crippen LogP contribution in [-0.4, -0.2) is 34.2 Å². The van der Waals surface area contributed by atoms with E-state index >= 15 is 0 Å². The Bertz CT molecular complexity index is 809. The van der Waals surface area contributed by atoms with Crippen LogP contribution in [0.25, 0.3) is 0 Å². The zero-order chi connectivity index (χ0) is 18.2. The number of amides is 1. The van der Waals surface area contributed by atoms with Crippen molar-refractivity contribution in [3.63, 3.8) is 0 Å². The lowest BCUT2D eigenvalue weighted by atomic mass is 10.1. The van der Waals surface area contributed by atoms with Crippen molar-refractivity contribution in [3.05, 3.63) is 65.3 Å². The summed E-state index contributed by atoms with van der Waals surface area (Å²) in [4.78, 5) is 16.4. The van der Waals surface area contributed by atoms with Gasteiger partial charge in [-0.25, -0.2) is 4.98 Å². The minimum atomic E-state index is -0.266. The molecule has 0 aliphatic rings. The molecule has 2 N–H and O–H groups in total. The molecule has 1 atom stereocenters. The molecule has 0 radical (unpaired) electrons. The van der Waals surface area contributed by atoms with E-state index in [2.05, 4.69) is 25.8 Å². The average molecular weight is 369 g/mol. The van der Waals surface area contributed by atoms with Gasteiger partial charge < -0.3 is 10.1 Å². The molecule has 0 saturated heterocycles. The minimum Gasteiger partial charge on any atom is -0.372 e. The normalized spacial score (nSPS) is 11.7. The number of benzene rings is 1. The number of ether oxygens (including phenoxy) is 1. The van der Waals surface area contributed by atoms with Gasteiger partial charge in [0.05, 0.1) is 11.7 Å². The number of pyridine rings is 1. The minimum absolute atomic E-state index is 0.0663. The third kappa shape index (κ3) is 4.84. The number of aromatic nitrogens is 3. The molecule has 8 heteroatoms. The van der Waals surface area contributed by atoms with Gasteiger partial charge in [-0.05, 0) is 24.6 Å². The summed E-state index contributed by atoms with van der Waals surface area (Å²) < 4.78 is 5.80. The van der Waals surface area contributed by atoms with Gasteiger partial charge in [0.25, 0.3) is 5.91 Å². The zero-order valence-corrected chi connectivity index (χ0v) is 15.1. The second kappa shape index (κ2) is 9.02. The predicted molar refractivity (Wildman–Crippen MR) is 101 cm³/mol. The van der Waals surface area contributed by atoms with Gasteiger partial charge in [-0.1, -0.05) is 41.7 Å². The first kappa shape index (κ1) is 18.0. The van der Waals surface area contributed by atoms with Gasteiger partial charge in [0.15, 0.2) is 0 Å². The summed E-state index contributed by atoms with van der Waals surface area (Å²) in [6, 6.07) is 13.5. The van der Waals surface area contributed by atoms with E-state index in [0.717, 1.165) is 5.56 Å². The van der Waals surface area contributed by atoms with E-state index in [1.165, 1.54) is 17.5 Å². The highest BCUT2D eigenvalue weighted by atomic mass is 32.1. The quantitative estimate of drug-likeness (QED) is 0.633. The van der Waals surface area contributed by atoms with Crippen molar-refractivity contribution in [2.45, 2.75) is 13.0 Å². The molecule has 1 unspecified atom stereocenters. The van der Waals surface area contributed by atoms with Gasteiger partial charge in [0.2, 0.25) is 5.13 Å². The van der Waals surface area contributed by atoms with Crippen molar-refractivity contribution in [3.8, 4) is 0 Å². The number of rotatable bonds is 8. The van der Waals surface area contributed by atoms with Crippen LogP contribution in [0.5, 0.6) is 0 Å². The van der Waals surface area contributed by atoms with E-state index in [-0.39, 0.29) is 12.0 Å². The largest absolute Gasteiger partial charge is 0.372 e. The summed E-state index contributed by atoms with van der Waals surface area (Å²) in [7, 11) is 0. The second-order valence-corrected chi connectivity index (χ2v) is 6.20. The van der Waals surface area contributed by atoms with Crippen LogP contribution >= 0.6 is 11.3 Å². The second-order valence-electron chi connectivity index (χ2n) is 5.37. The lowest BCUT2D eigenvalue weighted by molar-refractivity contribution is 0.0718. The Kier molecular flexibility index (Phi) is 6.24. The first-order chi connectivity index (χ1) is 12.8. The SMILES string of the molecule is CCOC(CNc1ccc(C(=O)Nc2nncs2)cn1)c1ccccc1. The van der Waals surface area contributed by atoms with Crippen LogP contribution in [0.2, 0.25) is 0 Å². The fraction of sp³-hybridized carbons (Fsp3) is 0.222. The summed E-state index contributed by atoms with van der Waals surface area (Å²) in [5, 5.41) is 13.8. The lowest BCUT2D eigenvalue weighted by Crippen LogP contribution is -2.17. The molecule has 1 aromatic carbocycles. The van der Waals surface area contributed by atoms with Crippen molar-refractivity contribution in [1.29, 1.82) is 0 Å². The Morgan fingerprint density at radius 3 is 2.73 bits per heavy atom. The number of carbonyl (C=O) groups excluding carboxylic acids is 1. The number of carbonyl (C=O) groups is 1. The Morgan fingerprint density at radius 1 is 1.23 bits per heavy atom. The van der Waals surface area contributed by atoms with Crippen LogP contribution in [0.15, 0.2) is 54.2 Å². The summed E-state index contributed by atoms with van der Waals surface area (Å²) in [6.07, 6.45) is 1.46. The van der Waals surface area contributed by atoms with Gasteiger partial charge in [-0.2, -0.15) is 0 Å². The average Bonchev–Trinajstić information content (AvgIpc) is 3.19. The Balaban J connectivity index is 1.59. The number of anilines is 2. The highest BCUT2D eigenvalue weighted by Crippen LogP contribution is 2.18. The molecule has 7 nitrogen and oxygen atoms in total. The van der Waals surface area contributed by atoms with Crippen LogP contribution in [0, 0.1) is 0 Å². The maximum Gasteiger partial charge on any atom is 0.259 e. The fourth-order valence-electron chi connectivity index (χ4n) is 2.37. The van der Waals surface area contributed by atoms with Gasteiger partial charge in [-0.15, -0.1) is 10.2 Å². The highest BCUT2D eigenvalue weighted by molar-refractivity contribution is 7.13. The van der Waals surface area contributed by atoms with E-state index in [1.54, 1.807) is 17.6 Å². The third-order valence-corrected chi connectivity index (χ3v) is 4.22. The standard InChI is InChI=1S/C18H19N5O2S/c1-2-25-15(13-6-4-3-5-7-13)11-20-16-9-8-14(10-19-16)17(24)22-18-23-21-12-26-18/h3-10,12,15H,2,11H2,1H3,(H,19,20)(H,22,23,24). The fourth-order valence-corrected chi connectivity index (χ4v) is 2.81. The number of hydrogen-bond acceptors (Lipinski definition) is 7. The van der Waals surface area contributed by atoms with Gasteiger partial charge in [0, 0.05) is 19.3 Å². The van der Waals surface area contributed by atoms with E-state index in [4.69, 9.17) is 4.74 Å². The molecule has 3 aromatic rings. The number of nitrogens with one attached hydrogen (secondary N) is 2. The van der Waals surface area contributed by atoms with Crippen LogP contribution in [0.3, 0.4) is 0 Å². The Labute approximate surface area is 155 Å². The van der Waals surface area contributed by atoms with E-state index in [9.17, 15) is 4.79 Å². The predicted octanol–water partition coefficient (Wildman–Crippen LogP) is 3.38. The molecule has 0 spiro atoms. The third-order valence-electron chi connectivity index (χ3n) is 3.61. The zero-order valence-electron chi connectivity index (χ0n) is 14.3. The molecule has 0 aliphatic carbocycles. The first-order valence-corrected chi connectivity index (χ1v) is 9.08. The van der Waals surface area contributed by atoms with Crippen molar-refractivity contribution in [2.24, 2.45) is 0 Å². The summed E-state index contributed by atoms with van der Waals surface area (Å²) in [5.41, 5.74) is 3.12. The van der Waals surface area contributed by atoms with E-state index < -0.39 is 0 Å². The van der Waals surface area contributed by atoms with Crippen molar-refractivity contribution >= 4 is 28.2 Å². The molecular weight excluding hydrogens is 350 g/mol. The summed E-state index contributed by atoms with van der Waals surface area (Å²) >= 11 is 1.26. The smallest absolute Gasteiger partial charge is 0.259 e. The number of hydrogen-bond donors (Lipinski definition) is 2. The summed E-state index contributed by atoms with van der Waals surface area (Å²) in [6.45, 7) is 3.18. The molecule has 26 heavy (non-hydrogen) atoms. The van der Waals surface area contributed by atoms with Gasteiger partial charge in [-0.3, -0.25) is 10.1 Å². The Morgan fingerprint density at radius 2 is 2.08 bits per heavy atom. The van der Waals surface area contributed by atoms with Crippen LogP contribution in [-0.2, 0) is 4.74 Å². The molecule has 0 fully saturated rings. The van der Waals surface area contributed by atoms with E-state index in [0.29, 0.717) is 29.7 Å². The van der Waals surface area contributed by atoms with Crippen LogP contribution < -0.4 is 10.6 Å². The molecule has 3 rings (SSSR count). The molecule has 1 amide bonds. The molecule has 134 valence electrons. The molecular formula is C18H19N5O2S. The molecule has 0 bridgehead atoms.